The van der Waals surface area contributed by atoms with E-state index in [2.05, 4.69) is 4.98 Å². The number of carbonyl (C=O) groups is 2. The molecule has 0 unspecified atom stereocenters. The van der Waals surface area contributed by atoms with Crippen LogP contribution in [0.5, 0.6) is 11.5 Å². The molecule has 2 aromatic rings. The Hall–Kier alpha value is -2.31. The first-order valence-electron chi connectivity index (χ1n) is 6.70. The van der Waals surface area contributed by atoms with E-state index in [0.717, 1.165) is 0 Å². The Morgan fingerprint density at radius 2 is 1.83 bits per heavy atom. The molecule has 8 heteroatoms. The Balaban J connectivity index is 2.13. The third-order valence-electron chi connectivity index (χ3n) is 3.05. The van der Waals surface area contributed by atoms with Crippen LogP contribution in [0.4, 0.5) is 0 Å². The Labute approximate surface area is 148 Å². The minimum atomic E-state index is -0.849. The van der Waals surface area contributed by atoms with Crippen molar-refractivity contribution >= 4 is 35.0 Å². The summed E-state index contributed by atoms with van der Waals surface area (Å²) in [5, 5.41) is 0.169. The summed E-state index contributed by atoms with van der Waals surface area (Å²) in [7, 11) is 2.91. The molecule has 6 nitrogen and oxygen atoms in total. The smallest absolute Gasteiger partial charge is 0.359 e. The average Bonchev–Trinajstić information content (AvgIpc) is 2.60. The van der Waals surface area contributed by atoms with E-state index in [1.165, 1.54) is 32.4 Å². The Morgan fingerprint density at radius 3 is 2.50 bits per heavy atom. The van der Waals surface area contributed by atoms with E-state index in [1.807, 2.05) is 0 Å². The van der Waals surface area contributed by atoms with Gasteiger partial charge in [0.2, 0.25) is 5.78 Å². The molecule has 2 rings (SSSR count). The summed E-state index contributed by atoms with van der Waals surface area (Å²) in [5.74, 6) is -0.490. The van der Waals surface area contributed by atoms with Crippen LogP contribution in [0, 0.1) is 0 Å². The quantitative estimate of drug-likeness (QED) is 0.441. The number of carbonyl (C=O) groups excluding carboxylic acids is 2. The van der Waals surface area contributed by atoms with Gasteiger partial charge in [0.05, 0.1) is 24.8 Å². The molecule has 0 aliphatic heterocycles. The molecule has 0 atom stereocenters. The molecule has 1 aromatic heterocycles. The van der Waals surface area contributed by atoms with Crippen LogP contribution >= 0.6 is 23.2 Å². The lowest BCUT2D eigenvalue weighted by molar-refractivity contribution is 0.0468. The second-order valence-electron chi connectivity index (χ2n) is 4.53. The number of benzene rings is 1. The average molecular weight is 370 g/mol. The number of halogens is 2. The van der Waals surface area contributed by atoms with Crippen LogP contribution in [0.1, 0.15) is 20.8 Å². The number of pyridine rings is 1. The minimum Gasteiger partial charge on any atom is -0.497 e. The van der Waals surface area contributed by atoms with Gasteiger partial charge in [-0.05, 0) is 30.3 Å². The van der Waals surface area contributed by atoms with Crippen LogP contribution in [-0.2, 0) is 4.74 Å². The maximum absolute atomic E-state index is 12.3. The van der Waals surface area contributed by atoms with Crippen LogP contribution in [0.3, 0.4) is 0 Å². The molecule has 0 aliphatic rings. The number of methoxy groups -OCH3 is 2. The number of hydrogen-bond acceptors (Lipinski definition) is 6. The number of nitrogens with zero attached hydrogens (tertiary/aromatic N) is 1. The summed E-state index contributed by atoms with van der Waals surface area (Å²) >= 11 is 11.6. The molecule has 0 N–H and O–H groups in total. The van der Waals surface area contributed by atoms with Gasteiger partial charge in [0.15, 0.2) is 12.3 Å². The summed E-state index contributed by atoms with van der Waals surface area (Å²) in [6, 6.07) is 7.59. The van der Waals surface area contributed by atoms with E-state index in [1.54, 1.807) is 12.1 Å². The van der Waals surface area contributed by atoms with E-state index in [9.17, 15) is 9.59 Å². The fourth-order valence-corrected chi connectivity index (χ4v) is 2.20. The standard InChI is InChI=1S/C16H13Cl2NO5/c1-22-9-3-5-13(23-2)10(7-9)12(20)8-24-16(21)15-11(17)4-6-14(18)19-15/h3-7H,8H2,1-2H3. The Kier molecular flexibility index (Phi) is 6.00. The highest BCUT2D eigenvalue weighted by Gasteiger charge is 2.19. The highest BCUT2D eigenvalue weighted by atomic mass is 35.5. The minimum absolute atomic E-state index is 0.0795. The normalized spacial score (nSPS) is 10.2. The fourth-order valence-electron chi connectivity index (χ4n) is 1.87. The van der Waals surface area contributed by atoms with Crippen LogP contribution in [0.25, 0.3) is 0 Å². The van der Waals surface area contributed by atoms with Crippen LogP contribution in [-0.4, -0.2) is 37.6 Å². The first-order valence-corrected chi connectivity index (χ1v) is 7.46. The lowest BCUT2D eigenvalue weighted by Gasteiger charge is -2.10. The molecule has 0 bridgehead atoms. The monoisotopic (exact) mass is 369 g/mol. The van der Waals surface area contributed by atoms with Gasteiger partial charge in [-0.3, -0.25) is 4.79 Å². The lowest BCUT2D eigenvalue weighted by atomic mass is 10.1. The van der Waals surface area contributed by atoms with E-state index >= 15 is 0 Å². The summed E-state index contributed by atoms with van der Waals surface area (Å²) < 4.78 is 15.2. The molecule has 0 radical (unpaired) electrons. The molecule has 0 aliphatic carbocycles. The number of rotatable bonds is 6. The van der Waals surface area contributed by atoms with Gasteiger partial charge in [-0.2, -0.15) is 0 Å². The van der Waals surface area contributed by atoms with Crippen molar-refractivity contribution in [1.82, 2.24) is 4.98 Å². The Morgan fingerprint density at radius 1 is 1.08 bits per heavy atom. The van der Waals surface area contributed by atoms with Crippen LogP contribution in [0.2, 0.25) is 10.2 Å². The first kappa shape index (κ1) is 18.0. The first-order chi connectivity index (χ1) is 11.5. The van der Waals surface area contributed by atoms with Gasteiger partial charge < -0.3 is 14.2 Å². The lowest BCUT2D eigenvalue weighted by Crippen LogP contribution is -2.16. The zero-order valence-corrected chi connectivity index (χ0v) is 14.4. The molecule has 0 fully saturated rings. The predicted molar refractivity (Wildman–Crippen MR) is 88.4 cm³/mol. The van der Waals surface area contributed by atoms with Gasteiger partial charge in [0.1, 0.15) is 16.7 Å². The largest absolute Gasteiger partial charge is 0.497 e. The summed E-state index contributed by atoms with van der Waals surface area (Å²) in [5.41, 5.74) is 0.0735. The Bertz CT molecular complexity index is 779. The van der Waals surface area contributed by atoms with E-state index < -0.39 is 18.4 Å². The fraction of sp³-hybridized carbons (Fsp3) is 0.188. The van der Waals surface area contributed by atoms with Crippen molar-refractivity contribution in [3.63, 3.8) is 0 Å². The number of ketones is 1. The second-order valence-corrected chi connectivity index (χ2v) is 5.32. The van der Waals surface area contributed by atoms with Gasteiger partial charge in [-0.15, -0.1) is 0 Å². The summed E-state index contributed by atoms with van der Waals surface area (Å²) in [6.45, 7) is -0.507. The molecule has 0 amide bonds. The maximum Gasteiger partial charge on any atom is 0.359 e. The van der Waals surface area contributed by atoms with E-state index in [-0.39, 0.29) is 21.4 Å². The molecule has 0 spiro atoms. The van der Waals surface area contributed by atoms with Gasteiger partial charge >= 0.3 is 5.97 Å². The van der Waals surface area contributed by atoms with Crippen molar-refractivity contribution in [2.75, 3.05) is 20.8 Å². The van der Waals surface area contributed by atoms with Gasteiger partial charge in [0, 0.05) is 0 Å². The molecular formula is C16H13Cl2NO5. The molecular weight excluding hydrogens is 357 g/mol. The van der Waals surface area contributed by atoms with Crippen LogP contribution < -0.4 is 9.47 Å². The second kappa shape index (κ2) is 7.99. The zero-order valence-electron chi connectivity index (χ0n) is 12.8. The van der Waals surface area contributed by atoms with Gasteiger partial charge in [-0.25, -0.2) is 9.78 Å². The topological polar surface area (TPSA) is 74.7 Å². The zero-order chi connectivity index (χ0) is 17.7. The van der Waals surface area contributed by atoms with Gasteiger partial charge in [0.25, 0.3) is 0 Å². The molecule has 0 saturated carbocycles. The molecule has 126 valence electrons. The maximum atomic E-state index is 12.3. The number of hydrogen-bond donors (Lipinski definition) is 0. The number of ether oxygens (including phenoxy) is 3. The van der Waals surface area contributed by atoms with E-state index in [4.69, 9.17) is 37.4 Å². The van der Waals surface area contributed by atoms with Crippen molar-refractivity contribution in [2.45, 2.75) is 0 Å². The molecule has 0 saturated heterocycles. The van der Waals surface area contributed by atoms with Crippen molar-refractivity contribution in [3.8, 4) is 11.5 Å². The van der Waals surface area contributed by atoms with Gasteiger partial charge in [-0.1, -0.05) is 23.2 Å². The number of esters is 1. The number of Topliss-reactive ketones (excluding diaryl/α,β-unsaturated/α-hetero) is 1. The summed E-state index contributed by atoms with van der Waals surface area (Å²) in [4.78, 5) is 28.1. The molecule has 1 aromatic carbocycles. The highest BCUT2D eigenvalue weighted by Crippen LogP contribution is 2.24. The highest BCUT2D eigenvalue weighted by molar-refractivity contribution is 6.34. The number of aromatic nitrogens is 1. The van der Waals surface area contributed by atoms with Crippen molar-refractivity contribution in [3.05, 3.63) is 51.8 Å². The van der Waals surface area contributed by atoms with Crippen LogP contribution in [0.15, 0.2) is 30.3 Å². The van der Waals surface area contributed by atoms with Crippen molar-refractivity contribution < 1.29 is 23.8 Å². The van der Waals surface area contributed by atoms with E-state index in [0.29, 0.717) is 11.5 Å². The van der Waals surface area contributed by atoms with Crippen molar-refractivity contribution in [1.29, 1.82) is 0 Å². The third kappa shape index (κ3) is 4.15. The molecule has 24 heavy (non-hydrogen) atoms. The van der Waals surface area contributed by atoms with Crippen molar-refractivity contribution in [2.24, 2.45) is 0 Å². The summed E-state index contributed by atoms with van der Waals surface area (Å²) in [6.07, 6.45) is 0. The third-order valence-corrected chi connectivity index (χ3v) is 3.56. The molecule has 1 heterocycles. The predicted octanol–water partition coefficient (Wildman–Crippen LogP) is 3.45. The SMILES string of the molecule is COc1ccc(OC)c(C(=O)COC(=O)c2nc(Cl)ccc2Cl)c1.